The number of para-hydroxylation sites is 1. The quantitative estimate of drug-likeness (QED) is 0.790. The molecule has 124 valence electrons. The third-order valence-corrected chi connectivity index (χ3v) is 4.79. The van der Waals surface area contributed by atoms with Gasteiger partial charge in [0.05, 0.1) is 12.0 Å². The van der Waals surface area contributed by atoms with Gasteiger partial charge in [-0.3, -0.25) is 0 Å². The monoisotopic (exact) mass is 335 g/mol. The second-order valence-corrected chi connectivity index (χ2v) is 6.92. The lowest BCUT2D eigenvalue weighted by molar-refractivity contribution is 0.323. The molecule has 2 aromatic carbocycles. The van der Waals surface area contributed by atoms with Crippen molar-refractivity contribution in [3.05, 3.63) is 53.6 Å². The van der Waals surface area contributed by atoms with Gasteiger partial charge in [0.25, 0.3) is 0 Å². The molecule has 2 rings (SSSR count). The molecule has 0 unspecified atom stereocenters. The summed E-state index contributed by atoms with van der Waals surface area (Å²) in [5, 5.41) is 0. The van der Waals surface area contributed by atoms with E-state index in [0.717, 1.165) is 11.1 Å². The lowest BCUT2D eigenvalue weighted by Gasteiger charge is -2.12. The first-order valence-electron chi connectivity index (χ1n) is 7.27. The molecule has 0 atom stereocenters. The molecule has 2 aromatic rings. The highest BCUT2D eigenvalue weighted by molar-refractivity contribution is 7.89. The molecule has 5 nitrogen and oxygen atoms in total. The van der Waals surface area contributed by atoms with Gasteiger partial charge in [0.15, 0.2) is 0 Å². The molecule has 0 saturated heterocycles. The Balaban J connectivity index is 1.99. The average Bonchev–Trinajstić information content (AvgIpc) is 2.52. The van der Waals surface area contributed by atoms with Crippen LogP contribution in [0.25, 0.3) is 0 Å². The predicted molar refractivity (Wildman–Crippen MR) is 89.6 cm³/mol. The summed E-state index contributed by atoms with van der Waals surface area (Å²) in [5.41, 5.74) is 1.57. The Kier molecular flexibility index (Phi) is 5.63. The van der Waals surface area contributed by atoms with Gasteiger partial charge in [-0.2, -0.15) is 0 Å². The molecular formula is C17H21NO4S. The summed E-state index contributed by atoms with van der Waals surface area (Å²) < 4.78 is 38.0. The van der Waals surface area contributed by atoms with E-state index < -0.39 is 10.0 Å². The average molecular weight is 335 g/mol. The summed E-state index contributed by atoms with van der Waals surface area (Å²) in [6.07, 6.45) is 0. The van der Waals surface area contributed by atoms with Gasteiger partial charge in [0.2, 0.25) is 10.0 Å². The van der Waals surface area contributed by atoms with Crippen LogP contribution < -0.4 is 14.2 Å². The van der Waals surface area contributed by atoms with Crippen molar-refractivity contribution in [2.45, 2.75) is 18.7 Å². The van der Waals surface area contributed by atoms with Crippen LogP contribution in [0.15, 0.2) is 47.4 Å². The van der Waals surface area contributed by atoms with E-state index >= 15 is 0 Å². The van der Waals surface area contributed by atoms with Crippen LogP contribution in [-0.4, -0.2) is 28.7 Å². The smallest absolute Gasteiger partial charge is 0.240 e. The van der Waals surface area contributed by atoms with Crippen molar-refractivity contribution < 1.29 is 17.9 Å². The maximum Gasteiger partial charge on any atom is 0.240 e. The van der Waals surface area contributed by atoms with E-state index in [9.17, 15) is 8.42 Å². The topological polar surface area (TPSA) is 64.6 Å². The minimum Gasteiger partial charge on any atom is -0.496 e. The van der Waals surface area contributed by atoms with Gasteiger partial charge in [-0.05, 0) is 49.2 Å². The number of sulfonamides is 1. The van der Waals surface area contributed by atoms with Crippen molar-refractivity contribution in [3.63, 3.8) is 0 Å². The van der Waals surface area contributed by atoms with Crippen LogP contribution in [0.1, 0.15) is 11.1 Å². The minimum absolute atomic E-state index is 0.196. The largest absolute Gasteiger partial charge is 0.496 e. The highest BCUT2D eigenvalue weighted by atomic mass is 32.2. The van der Waals surface area contributed by atoms with E-state index in [0.29, 0.717) is 11.5 Å². The number of benzene rings is 2. The van der Waals surface area contributed by atoms with E-state index in [-0.39, 0.29) is 18.0 Å². The first kappa shape index (κ1) is 17.3. The zero-order valence-electron chi connectivity index (χ0n) is 13.5. The van der Waals surface area contributed by atoms with Gasteiger partial charge < -0.3 is 9.47 Å². The molecule has 1 N–H and O–H groups in total. The fourth-order valence-corrected chi connectivity index (χ4v) is 3.52. The fourth-order valence-electron chi connectivity index (χ4n) is 2.33. The summed E-state index contributed by atoms with van der Waals surface area (Å²) in [6, 6.07) is 12.5. The van der Waals surface area contributed by atoms with E-state index in [1.165, 1.54) is 0 Å². The maximum atomic E-state index is 12.3. The third-order valence-electron chi connectivity index (χ3n) is 3.35. The Hall–Kier alpha value is -2.05. The number of hydrogen-bond acceptors (Lipinski definition) is 4. The van der Waals surface area contributed by atoms with Gasteiger partial charge >= 0.3 is 0 Å². The Labute approximate surface area is 137 Å². The van der Waals surface area contributed by atoms with E-state index in [1.54, 1.807) is 19.2 Å². The van der Waals surface area contributed by atoms with Gasteiger partial charge in [-0.1, -0.05) is 18.2 Å². The summed E-state index contributed by atoms with van der Waals surface area (Å²) in [7, 11) is -2.00. The molecule has 0 bridgehead atoms. The van der Waals surface area contributed by atoms with Crippen LogP contribution in [0.3, 0.4) is 0 Å². The van der Waals surface area contributed by atoms with Crippen LogP contribution in [-0.2, 0) is 10.0 Å². The first-order chi connectivity index (χ1) is 10.9. The molecule has 0 spiro atoms. The molecule has 0 aliphatic rings. The van der Waals surface area contributed by atoms with Crippen molar-refractivity contribution in [3.8, 4) is 11.5 Å². The fraction of sp³-hybridized carbons (Fsp3) is 0.294. The molecule has 0 aliphatic heterocycles. The zero-order chi connectivity index (χ0) is 16.9. The van der Waals surface area contributed by atoms with Crippen LogP contribution >= 0.6 is 0 Å². The number of methoxy groups -OCH3 is 1. The molecule has 0 radical (unpaired) electrons. The van der Waals surface area contributed by atoms with Gasteiger partial charge in [-0.15, -0.1) is 0 Å². The summed E-state index contributed by atoms with van der Waals surface area (Å²) >= 11 is 0. The normalized spacial score (nSPS) is 11.3. The first-order valence-corrected chi connectivity index (χ1v) is 8.75. The Morgan fingerprint density at radius 1 is 1.04 bits per heavy atom. The van der Waals surface area contributed by atoms with Gasteiger partial charge in [-0.25, -0.2) is 13.1 Å². The SMILES string of the molecule is COc1c(C)cc(S(=O)(=O)NCCOc2ccccc2)cc1C. The molecular weight excluding hydrogens is 314 g/mol. The van der Waals surface area contributed by atoms with Gasteiger partial charge in [0, 0.05) is 6.54 Å². The molecule has 6 heteroatoms. The number of hydrogen-bond donors (Lipinski definition) is 1. The van der Waals surface area contributed by atoms with E-state index in [4.69, 9.17) is 9.47 Å². The summed E-state index contributed by atoms with van der Waals surface area (Å²) in [5.74, 6) is 1.42. The number of aryl methyl sites for hydroxylation is 2. The van der Waals surface area contributed by atoms with Crippen molar-refractivity contribution in [2.24, 2.45) is 0 Å². The molecule has 0 heterocycles. The standard InChI is InChI=1S/C17H21NO4S/c1-13-11-16(12-14(2)17(13)21-3)23(19,20)18-9-10-22-15-7-5-4-6-8-15/h4-8,11-12,18H,9-10H2,1-3H3. The van der Waals surface area contributed by atoms with E-state index in [1.807, 2.05) is 44.2 Å². The van der Waals surface area contributed by atoms with Crippen LogP contribution in [0.5, 0.6) is 11.5 Å². The van der Waals surface area contributed by atoms with Crippen molar-refractivity contribution in [2.75, 3.05) is 20.3 Å². The lowest BCUT2D eigenvalue weighted by Crippen LogP contribution is -2.28. The number of rotatable bonds is 7. The molecule has 0 saturated carbocycles. The minimum atomic E-state index is -3.57. The maximum absolute atomic E-state index is 12.3. The Bertz CT molecular complexity index is 734. The second kappa shape index (κ2) is 7.48. The van der Waals surface area contributed by atoms with Crippen molar-refractivity contribution >= 4 is 10.0 Å². The second-order valence-electron chi connectivity index (χ2n) is 5.15. The van der Waals surface area contributed by atoms with Crippen LogP contribution in [0.4, 0.5) is 0 Å². The van der Waals surface area contributed by atoms with Crippen molar-refractivity contribution in [1.82, 2.24) is 4.72 Å². The summed E-state index contributed by atoms with van der Waals surface area (Å²) in [6.45, 7) is 4.10. The number of ether oxygens (including phenoxy) is 2. The molecule has 23 heavy (non-hydrogen) atoms. The number of nitrogens with one attached hydrogen (secondary N) is 1. The molecule has 0 aliphatic carbocycles. The van der Waals surface area contributed by atoms with Crippen molar-refractivity contribution in [1.29, 1.82) is 0 Å². The molecule has 0 aromatic heterocycles. The molecule has 0 fully saturated rings. The predicted octanol–water partition coefficient (Wildman–Crippen LogP) is 2.67. The summed E-state index contributed by atoms with van der Waals surface area (Å²) in [4.78, 5) is 0.230. The highest BCUT2D eigenvalue weighted by Gasteiger charge is 2.16. The zero-order valence-corrected chi connectivity index (χ0v) is 14.3. The van der Waals surface area contributed by atoms with Crippen LogP contribution in [0.2, 0.25) is 0 Å². The van der Waals surface area contributed by atoms with Gasteiger partial charge in [0.1, 0.15) is 18.1 Å². The Morgan fingerprint density at radius 2 is 1.65 bits per heavy atom. The molecule has 0 amide bonds. The lowest BCUT2D eigenvalue weighted by atomic mass is 10.1. The third kappa shape index (κ3) is 4.46. The van der Waals surface area contributed by atoms with Crippen LogP contribution in [0, 0.1) is 13.8 Å². The Morgan fingerprint density at radius 3 is 2.22 bits per heavy atom. The van der Waals surface area contributed by atoms with E-state index in [2.05, 4.69) is 4.72 Å². The highest BCUT2D eigenvalue weighted by Crippen LogP contribution is 2.26.